The van der Waals surface area contributed by atoms with Crippen molar-refractivity contribution in [2.75, 3.05) is 18.4 Å². The molecule has 1 N–H and O–H groups in total. The highest BCUT2D eigenvalue weighted by Crippen LogP contribution is 2.38. The number of nitrogens with zero attached hydrogens (tertiary/aromatic N) is 1. The van der Waals surface area contributed by atoms with Gasteiger partial charge in [0.15, 0.2) is 0 Å². The van der Waals surface area contributed by atoms with Crippen LogP contribution in [0.5, 0.6) is 0 Å². The molecule has 0 amide bonds. The van der Waals surface area contributed by atoms with Crippen LogP contribution in [-0.4, -0.2) is 30.1 Å². The minimum Gasteiger partial charge on any atom is -0.381 e. The summed E-state index contributed by atoms with van der Waals surface area (Å²) >= 11 is 3.65. The van der Waals surface area contributed by atoms with Gasteiger partial charge in [0.1, 0.15) is 0 Å². The monoisotopic (exact) mass is 350 g/mol. The number of piperidine rings is 1. The summed E-state index contributed by atoms with van der Waals surface area (Å²) in [5, 5.41) is 3.89. The Kier molecular flexibility index (Phi) is 4.60. The Morgan fingerprint density at radius 3 is 2.48 bits per heavy atom. The molecule has 2 atom stereocenters. The van der Waals surface area contributed by atoms with E-state index in [9.17, 15) is 0 Å². The van der Waals surface area contributed by atoms with Gasteiger partial charge >= 0.3 is 0 Å². The molecule has 21 heavy (non-hydrogen) atoms. The Hall–Kier alpha value is -0.540. The van der Waals surface area contributed by atoms with Crippen LogP contribution in [0.3, 0.4) is 0 Å². The molecule has 1 aromatic carbocycles. The molecule has 2 unspecified atom stereocenters. The third kappa shape index (κ3) is 3.14. The van der Waals surface area contributed by atoms with Crippen molar-refractivity contribution < 1.29 is 0 Å². The van der Waals surface area contributed by atoms with E-state index in [2.05, 4.69) is 65.1 Å². The summed E-state index contributed by atoms with van der Waals surface area (Å²) in [6, 6.07) is 7.83. The van der Waals surface area contributed by atoms with Crippen LogP contribution in [0.4, 0.5) is 5.69 Å². The van der Waals surface area contributed by atoms with Gasteiger partial charge in [0, 0.05) is 35.3 Å². The van der Waals surface area contributed by atoms with Gasteiger partial charge in [-0.2, -0.15) is 0 Å². The zero-order valence-corrected chi connectivity index (χ0v) is 15.0. The molecule has 0 aromatic heterocycles. The maximum absolute atomic E-state index is 3.89. The van der Waals surface area contributed by atoms with Gasteiger partial charge in [-0.15, -0.1) is 0 Å². The summed E-state index contributed by atoms with van der Waals surface area (Å²) in [6.07, 6.45) is 4.17. The molecule has 1 saturated carbocycles. The summed E-state index contributed by atoms with van der Waals surface area (Å²) in [6.45, 7) is 9.40. The number of nitrogens with one attached hydrogen (secondary N) is 1. The van der Waals surface area contributed by atoms with Crippen LogP contribution in [0.25, 0.3) is 0 Å². The summed E-state index contributed by atoms with van der Waals surface area (Å²) < 4.78 is 1.21. The molecule has 1 aliphatic heterocycles. The van der Waals surface area contributed by atoms with Gasteiger partial charge in [0.2, 0.25) is 0 Å². The molecule has 2 aliphatic rings. The lowest BCUT2D eigenvalue weighted by molar-refractivity contribution is 0.0518. The van der Waals surface area contributed by atoms with E-state index in [1.807, 2.05) is 0 Å². The predicted molar refractivity (Wildman–Crippen MR) is 93.8 cm³/mol. The number of halogens is 1. The van der Waals surface area contributed by atoms with E-state index in [0.29, 0.717) is 12.1 Å². The first-order valence-electron chi connectivity index (χ1n) is 8.32. The molecule has 0 spiro atoms. The highest BCUT2D eigenvalue weighted by molar-refractivity contribution is 9.10. The lowest BCUT2D eigenvalue weighted by Crippen LogP contribution is -2.56. The zero-order valence-electron chi connectivity index (χ0n) is 13.4. The Balaban J connectivity index is 1.78. The van der Waals surface area contributed by atoms with E-state index >= 15 is 0 Å². The smallest absolute Gasteiger partial charge is 0.0383 e. The molecule has 2 fully saturated rings. The van der Waals surface area contributed by atoms with Gasteiger partial charge in [-0.3, -0.25) is 0 Å². The van der Waals surface area contributed by atoms with Crippen molar-refractivity contribution in [3.63, 3.8) is 0 Å². The number of hydrogen-bond acceptors (Lipinski definition) is 2. The highest BCUT2D eigenvalue weighted by Gasteiger charge is 2.40. The largest absolute Gasteiger partial charge is 0.381 e. The molecule has 1 heterocycles. The standard InChI is InChI=1S/C18H27BrN2/c1-12(2)21-10-14-6-4-7-15(11-21)18(14)20-17-9-5-8-16(19)13(17)3/h5,8-9,12,14-15,18,20H,4,6-7,10-11H2,1-3H3. The number of anilines is 1. The Bertz CT molecular complexity index is 486. The maximum atomic E-state index is 3.89. The number of fused-ring (bicyclic) bond motifs is 2. The molecular weight excluding hydrogens is 324 g/mol. The van der Waals surface area contributed by atoms with Gasteiger partial charge < -0.3 is 10.2 Å². The van der Waals surface area contributed by atoms with Crippen LogP contribution >= 0.6 is 15.9 Å². The van der Waals surface area contributed by atoms with Crippen molar-refractivity contribution in [3.8, 4) is 0 Å². The average molecular weight is 351 g/mol. The van der Waals surface area contributed by atoms with E-state index in [0.717, 1.165) is 11.8 Å². The summed E-state index contributed by atoms with van der Waals surface area (Å²) in [4.78, 5) is 2.68. The molecule has 1 aromatic rings. The molecule has 1 aliphatic carbocycles. The van der Waals surface area contributed by atoms with Crippen LogP contribution in [0.15, 0.2) is 22.7 Å². The number of benzene rings is 1. The first-order valence-corrected chi connectivity index (χ1v) is 9.11. The third-order valence-electron chi connectivity index (χ3n) is 5.42. The van der Waals surface area contributed by atoms with E-state index in [-0.39, 0.29) is 0 Å². The summed E-state index contributed by atoms with van der Waals surface area (Å²) in [5.74, 6) is 1.61. The van der Waals surface area contributed by atoms with Crippen molar-refractivity contribution >= 4 is 21.6 Å². The number of likely N-dealkylation sites (tertiary alicyclic amines) is 1. The van der Waals surface area contributed by atoms with Crippen molar-refractivity contribution in [2.45, 2.75) is 52.1 Å². The van der Waals surface area contributed by atoms with Gasteiger partial charge in [-0.25, -0.2) is 0 Å². The second-order valence-electron chi connectivity index (χ2n) is 7.08. The van der Waals surface area contributed by atoms with E-state index < -0.39 is 0 Å². The zero-order chi connectivity index (χ0) is 15.0. The fourth-order valence-electron chi connectivity index (χ4n) is 4.07. The number of hydrogen-bond donors (Lipinski definition) is 1. The molecule has 1 saturated heterocycles. The quantitative estimate of drug-likeness (QED) is 0.851. The van der Waals surface area contributed by atoms with Crippen LogP contribution < -0.4 is 5.32 Å². The minimum absolute atomic E-state index is 0.654. The molecule has 3 heteroatoms. The van der Waals surface area contributed by atoms with Crippen molar-refractivity contribution in [1.82, 2.24) is 4.90 Å². The highest BCUT2D eigenvalue weighted by atomic mass is 79.9. The van der Waals surface area contributed by atoms with Gasteiger partial charge in [-0.05, 0) is 63.1 Å². The molecule has 3 rings (SSSR count). The van der Waals surface area contributed by atoms with Crippen molar-refractivity contribution in [2.24, 2.45) is 11.8 Å². The summed E-state index contributed by atoms with van der Waals surface area (Å²) in [7, 11) is 0. The van der Waals surface area contributed by atoms with Gasteiger partial charge in [-0.1, -0.05) is 28.4 Å². The van der Waals surface area contributed by atoms with Crippen LogP contribution in [0.2, 0.25) is 0 Å². The fourth-order valence-corrected chi connectivity index (χ4v) is 4.44. The normalized spacial score (nSPS) is 29.7. The van der Waals surface area contributed by atoms with E-state index in [1.54, 1.807) is 0 Å². The van der Waals surface area contributed by atoms with Gasteiger partial charge in [0.05, 0.1) is 0 Å². The maximum Gasteiger partial charge on any atom is 0.0383 e. The SMILES string of the molecule is Cc1c(Br)cccc1NC1C2CCCC1CN(C(C)C)C2. The fraction of sp³-hybridized carbons (Fsp3) is 0.667. The second-order valence-corrected chi connectivity index (χ2v) is 7.94. The molecular formula is C18H27BrN2. The van der Waals surface area contributed by atoms with Gasteiger partial charge in [0.25, 0.3) is 0 Å². The molecule has 2 nitrogen and oxygen atoms in total. The van der Waals surface area contributed by atoms with E-state index in [1.165, 1.54) is 48.1 Å². The Morgan fingerprint density at radius 1 is 1.19 bits per heavy atom. The predicted octanol–water partition coefficient (Wildman–Crippen LogP) is 4.68. The molecule has 2 bridgehead atoms. The third-order valence-corrected chi connectivity index (χ3v) is 6.28. The topological polar surface area (TPSA) is 15.3 Å². The van der Waals surface area contributed by atoms with E-state index in [4.69, 9.17) is 0 Å². The van der Waals surface area contributed by atoms with Crippen LogP contribution in [0, 0.1) is 18.8 Å². The van der Waals surface area contributed by atoms with Crippen LogP contribution in [-0.2, 0) is 0 Å². The lowest BCUT2D eigenvalue weighted by atomic mass is 9.73. The average Bonchev–Trinajstić information content (AvgIpc) is 2.43. The lowest BCUT2D eigenvalue weighted by Gasteiger charge is -2.49. The molecule has 116 valence electrons. The first kappa shape index (κ1) is 15.4. The first-order chi connectivity index (χ1) is 10.1. The Labute approximate surface area is 137 Å². The summed E-state index contributed by atoms with van der Waals surface area (Å²) in [5.41, 5.74) is 2.64. The second kappa shape index (κ2) is 6.29. The van der Waals surface area contributed by atoms with Crippen molar-refractivity contribution in [1.29, 1.82) is 0 Å². The molecule has 0 radical (unpaired) electrons. The Morgan fingerprint density at radius 2 is 1.86 bits per heavy atom. The van der Waals surface area contributed by atoms with Crippen LogP contribution in [0.1, 0.15) is 38.7 Å². The minimum atomic E-state index is 0.654. The number of rotatable bonds is 3. The van der Waals surface area contributed by atoms with Crippen molar-refractivity contribution in [3.05, 3.63) is 28.2 Å².